The van der Waals surface area contributed by atoms with Crippen molar-refractivity contribution in [1.29, 1.82) is 0 Å². The zero-order valence-corrected chi connectivity index (χ0v) is 18.7. The van der Waals surface area contributed by atoms with Gasteiger partial charge in [0, 0.05) is 0 Å². The van der Waals surface area contributed by atoms with Gasteiger partial charge in [0.15, 0.2) is 0 Å². The van der Waals surface area contributed by atoms with Crippen molar-refractivity contribution >= 4 is 6.19 Å². The minimum absolute atomic E-state index is 0. The summed E-state index contributed by atoms with van der Waals surface area (Å²) in [7, 11) is 0. The summed E-state index contributed by atoms with van der Waals surface area (Å²) in [5.74, 6) is 1.40. The smallest absolute Gasteiger partial charge is 1.00 e. The summed E-state index contributed by atoms with van der Waals surface area (Å²) in [6.45, 7) is 14.6. The molecular formula is C18H28Cl2SiTi. The predicted octanol–water partition coefficient (Wildman–Crippen LogP) is -0.396. The summed E-state index contributed by atoms with van der Waals surface area (Å²) in [4.78, 5) is 0. The average Bonchev–Trinajstić information content (AvgIpc) is 2.97. The van der Waals surface area contributed by atoms with Gasteiger partial charge < -0.3 is 24.8 Å². The molecule has 0 aliphatic heterocycles. The van der Waals surface area contributed by atoms with Gasteiger partial charge in [-0.3, -0.25) is 0 Å². The molecule has 0 nitrogen and oxygen atoms in total. The van der Waals surface area contributed by atoms with E-state index >= 15 is 0 Å². The molecule has 0 radical (unpaired) electrons. The molecule has 0 saturated heterocycles. The maximum absolute atomic E-state index is 2.56. The first-order valence-electron chi connectivity index (χ1n) is 7.90. The van der Waals surface area contributed by atoms with E-state index in [9.17, 15) is 0 Å². The van der Waals surface area contributed by atoms with Crippen molar-refractivity contribution < 1.29 is 41.4 Å². The van der Waals surface area contributed by atoms with Crippen LogP contribution < -0.4 is 24.8 Å². The first kappa shape index (κ1) is 22.5. The molecule has 0 saturated carbocycles. The number of halogens is 2. The Balaban J connectivity index is 0.00000220. The van der Waals surface area contributed by atoms with E-state index < -0.39 is 16.6 Å². The van der Waals surface area contributed by atoms with Gasteiger partial charge in [-0.15, -0.1) is 0 Å². The van der Waals surface area contributed by atoms with Gasteiger partial charge in [-0.2, -0.15) is 0 Å². The number of hydrogen-bond donors (Lipinski definition) is 0. The summed E-state index contributed by atoms with van der Waals surface area (Å²) in [6, 6.07) is 0. The van der Waals surface area contributed by atoms with Crippen molar-refractivity contribution in [3.05, 3.63) is 43.2 Å². The molecule has 122 valence electrons. The maximum Gasteiger partial charge on any atom is -1.00 e. The third-order valence-corrected chi connectivity index (χ3v) is 15.9. The van der Waals surface area contributed by atoms with Crippen molar-refractivity contribution in [3.8, 4) is 0 Å². The Morgan fingerprint density at radius 2 is 1.18 bits per heavy atom. The van der Waals surface area contributed by atoms with Gasteiger partial charge in [0.05, 0.1) is 0 Å². The van der Waals surface area contributed by atoms with Crippen LogP contribution in [0.4, 0.5) is 0 Å². The second kappa shape index (κ2) is 9.69. The predicted molar refractivity (Wildman–Crippen MR) is 88.7 cm³/mol. The molecule has 0 spiro atoms. The second-order valence-electron chi connectivity index (χ2n) is 6.77. The first-order chi connectivity index (χ1) is 9.43. The number of allylic oxidation sites excluding steroid dienone is 8. The van der Waals surface area contributed by atoms with Gasteiger partial charge in [-0.05, 0) is 0 Å². The average molecular weight is 391 g/mol. The molecule has 0 heterocycles. The van der Waals surface area contributed by atoms with Crippen molar-refractivity contribution in [2.45, 2.75) is 53.6 Å². The Kier molecular flexibility index (Phi) is 9.90. The van der Waals surface area contributed by atoms with Crippen LogP contribution in [0, 0.1) is 11.8 Å². The second-order valence-corrected chi connectivity index (χ2v) is 18.6. The van der Waals surface area contributed by atoms with E-state index in [1.165, 1.54) is 12.8 Å². The SMILES string of the molecule is CC(C)C1=[C]([Ti+2]([C]2=C(C(C)C)C=CC2)=[Si](C)C)CC=C1.[Cl-].[Cl-]. The third-order valence-electron chi connectivity index (χ3n) is 4.28. The normalized spacial score (nSPS) is 16.1. The van der Waals surface area contributed by atoms with Crippen LogP contribution in [0.2, 0.25) is 13.1 Å². The third kappa shape index (κ3) is 4.74. The topological polar surface area (TPSA) is 0 Å². The standard InChI is InChI=1S/2C8H11.C2H6Si.2ClH.Ti/c2*1-7(2)8-5-3-4-6-8;1-3-2;;;/h2*3,5,7H,4H2,1-2H3;1-2H3;2*1H;/q;;;;;+2/p-2. The Bertz CT molecular complexity index is 516. The zero-order chi connectivity index (χ0) is 14.9. The Morgan fingerprint density at radius 1 is 0.818 bits per heavy atom. The molecule has 2 aliphatic carbocycles. The van der Waals surface area contributed by atoms with Crippen LogP contribution in [0.3, 0.4) is 0 Å². The van der Waals surface area contributed by atoms with Crippen LogP contribution in [-0.2, 0) is 16.6 Å². The summed E-state index contributed by atoms with van der Waals surface area (Å²) in [5.41, 5.74) is 3.38. The number of rotatable bonds is 4. The van der Waals surface area contributed by atoms with Gasteiger partial charge in [-0.25, -0.2) is 0 Å². The molecule has 2 aliphatic rings. The molecule has 4 heteroatoms. The first-order valence-corrected chi connectivity index (χ1v) is 14.3. The van der Waals surface area contributed by atoms with Gasteiger partial charge in [0.1, 0.15) is 0 Å². The molecule has 22 heavy (non-hydrogen) atoms. The fraction of sp³-hybridized carbons (Fsp3) is 0.556. The molecule has 0 aromatic carbocycles. The van der Waals surface area contributed by atoms with Gasteiger partial charge in [0.2, 0.25) is 0 Å². The van der Waals surface area contributed by atoms with E-state index in [-0.39, 0.29) is 31.0 Å². The Hall–Kier alpha value is 0.471. The van der Waals surface area contributed by atoms with Crippen LogP contribution in [0.25, 0.3) is 0 Å². The molecule has 0 unspecified atom stereocenters. The van der Waals surface area contributed by atoms with Crippen molar-refractivity contribution in [2.24, 2.45) is 11.8 Å². The largest absolute Gasteiger partial charge is 1.00 e. The van der Waals surface area contributed by atoms with E-state index in [1.807, 2.05) is 7.76 Å². The Labute approximate surface area is 155 Å². The summed E-state index contributed by atoms with van der Waals surface area (Å²) in [6.07, 6.45) is 12.0. The maximum atomic E-state index is 2.56. The van der Waals surface area contributed by atoms with Gasteiger partial charge in [-0.1, -0.05) is 0 Å². The summed E-state index contributed by atoms with van der Waals surface area (Å²) >= 11 is -1.23. The molecule has 0 bridgehead atoms. The van der Waals surface area contributed by atoms with Gasteiger partial charge >= 0.3 is 131 Å². The Morgan fingerprint density at radius 3 is 1.45 bits per heavy atom. The quantitative estimate of drug-likeness (QED) is 0.573. The van der Waals surface area contributed by atoms with E-state index in [4.69, 9.17) is 0 Å². The van der Waals surface area contributed by atoms with Crippen LogP contribution in [0.1, 0.15) is 40.5 Å². The van der Waals surface area contributed by atoms with Crippen LogP contribution >= 0.6 is 0 Å². The minimum Gasteiger partial charge on any atom is -1.00 e. The zero-order valence-electron chi connectivity index (χ0n) is 14.6. The molecule has 0 N–H and O–H groups in total. The van der Waals surface area contributed by atoms with Crippen molar-refractivity contribution in [3.63, 3.8) is 0 Å². The van der Waals surface area contributed by atoms with E-state index in [2.05, 4.69) is 65.1 Å². The van der Waals surface area contributed by atoms with Gasteiger partial charge in [0.25, 0.3) is 0 Å². The fourth-order valence-corrected chi connectivity index (χ4v) is 15.9. The van der Waals surface area contributed by atoms with E-state index in [0.717, 1.165) is 0 Å². The number of hydrogen-bond acceptors (Lipinski definition) is 0. The van der Waals surface area contributed by atoms with Crippen LogP contribution in [0.5, 0.6) is 0 Å². The van der Waals surface area contributed by atoms with Crippen LogP contribution in [0.15, 0.2) is 43.2 Å². The molecule has 0 aromatic rings. The fourth-order valence-electron chi connectivity index (χ4n) is 3.40. The summed E-state index contributed by atoms with van der Waals surface area (Å²) < 4.78 is 3.80. The molecule has 0 atom stereocenters. The molecular weight excluding hydrogens is 363 g/mol. The molecule has 2 rings (SSSR count). The summed E-state index contributed by atoms with van der Waals surface area (Å²) in [5, 5.41) is 0. The monoisotopic (exact) mass is 390 g/mol. The van der Waals surface area contributed by atoms with Crippen molar-refractivity contribution in [1.82, 2.24) is 0 Å². The van der Waals surface area contributed by atoms with E-state index in [0.29, 0.717) is 11.8 Å². The molecule has 0 fully saturated rings. The minimum atomic E-state index is -1.23. The van der Waals surface area contributed by atoms with E-state index in [1.54, 1.807) is 11.1 Å². The van der Waals surface area contributed by atoms with Crippen molar-refractivity contribution in [2.75, 3.05) is 0 Å². The molecule has 0 aromatic heterocycles. The van der Waals surface area contributed by atoms with Crippen LogP contribution in [-0.4, -0.2) is 6.19 Å². The molecule has 0 amide bonds.